The van der Waals surface area contributed by atoms with Gasteiger partial charge in [0.15, 0.2) is 5.82 Å². The molecule has 150 valence electrons. The predicted octanol–water partition coefficient (Wildman–Crippen LogP) is 2.60. The number of tetrazole rings is 1. The average Bonchev–Trinajstić information content (AvgIpc) is 3.18. The third-order valence-electron chi connectivity index (χ3n) is 5.63. The Kier molecular flexibility index (Phi) is 5.40. The van der Waals surface area contributed by atoms with Crippen molar-refractivity contribution in [1.82, 2.24) is 30.4 Å². The van der Waals surface area contributed by atoms with E-state index in [1.807, 2.05) is 30.3 Å². The molecule has 4 rings (SSSR count). The SMILES string of the molecule is CC(=O)NC1(c2ccccc2)CCN(Cc2nnnn2-c2ccc(C)cc2)CC1. The molecule has 3 aromatic rings. The summed E-state index contributed by atoms with van der Waals surface area (Å²) in [7, 11) is 0. The number of hydrogen-bond donors (Lipinski definition) is 1. The summed E-state index contributed by atoms with van der Waals surface area (Å²) in [5, 5.41) is 15.5. The molecule has 0 atom stereocenters. The van der Waals surface area contributed by atoms with Crippen molar-refractivity contribution in [3.63, 3.8) is 0 Å². The standard InChI is InChI=1S/C22H26N6O/c1-17-8-10-20(11-9-17)28-21(24-25-26-28)16-27-14-12-22(13-15-27,23-18(2)29)19-6-4-3-5-7-19/h3-11H,12-16H2,1-2H3,(H,23,29). The van der Waals surface area contributed by atoms with E-state index in [1.165, 1.54) is 11.1 Å². The van der Waals surface area contributed by atoms with E-state index in [1.54, 1.807) is 11.6 Å². The van der Waals surface area contributed by atoms with E-state index in [4.69, 9.17) is 0 Å². The van der Waals surface area contributed by atoms with Crippen LogP contribution in [-0.2, 0) is 16.9 Å². The second-order valence-corrected chi connectivity index (χ2v) is 7.75. The Morgan fingerprint density at radius 3 is 2.41 bits per heavy atom. The molecule has 7 nitrogen and oxygen atoms in total. The maximum absolute atomic E-state index is 11.9. The minimum absolute atomic E-state index is 0.00520. The molecule has 0 unspecified atom stereocenters. The maximum atomic E-state index is 11.9. The topological polar surface area (TPSA) is 75.9 Å². The van der Waals surface area contributed by atoms with Crippen LogP contribution in [0.15, 0.2) is 54.6 Å². The summed E-state index contributed by atoms with van der Waals surface area (Å²) in [6.45, 7) is 6.04. The smallest absolute Gasteiger partial charge is 0.217 e. The van der Waals surface area contributed by atoms with Gasteiger partial charge in [-0.25, -0.2) is 0 Å². The lowest BCUT2D eigenvalue weighted by Gasteiger charge is -2.42. The van der Waals surface area contributed by atoms with Crippen LogP contribution in [0.25, 0.3) is 5.69 Å². The number of amides is 1. The molecular weight excluding hydrogens is 364 g/mol. The van der Waals surface area contributed by atoms with Gasteiger partial charge in [0.05, 0.1) is 17.8 Å². The number of benzene rings is 2. The molecule has 29 heavy (non-hydrogen) atoms. The highest BCUT2D eigenvalue weighted by Crippen LogP contribution is 2.33. The van der Waals surface area contributed by atoms with E-state index in [2.05, 4.69) is 56.9 Å². The number of piperidine rings is 1. The summed E-state index contributed by atoms with van der Waals surface area (Å²) in [4.78, 5) is 14.2. The average molecular weight is 390 g/mol. The predicted molar refractivity (Wildman–Crippen MR) is 110 cm³/mol. The number of carbonyl (C=O) groups excluding carboxylic acids is 1. The number of nitrogens with one attached hydrogen (secondary N) is 1. The number of nitrogens with zero attached hydrogens (tertiary/aromatic N) is 5. The lowest BCUT2D eigenvalue weighted by molar-refractivity contribution is -0.121. The van der Waals surface area contributed by atoms with Crippen LogP contribution in [0.2, 0.25) is 0 Å². The van der Waals surface area contributed by atoms with Crippen molar-refractivity contribution in [3.8, 4) is 5.69 Å². The van der Waals surface area contributed by atoms with E-state index in [0.717, 1.165) is 37.4 Å². The largest absolute Gasteiger partial charge is 0.347 e. The zero-order chi connectivity index (χ0) is 20.3. The first-order valence-corrected chi connectivity index (χ1v) is 9.97. The van der Waals surface area contributed by atoms with Crippen molar-refractivity contribution in [2.24, 2.45) is 0 Å². The number of rotatable bonds is 5. The van der Waals surface area contributed by atoms with Gasteiger partial charge < -0.3 is 5.32 Å². The zero-order valence-electron chi connectivity index (χ0n) is 16.9. The van der Waals surface area contributed by atoms with Crippen LogP contribution in [0.4, 0.5) is 0 Å². The summed E-state index contributed by atoms with van der Waals surface area (Å²) in [6.07, 6.45) is 1.70. The number of hydrogen-bond acceptors (Lipinski definition) is 5. The first-order valence-electron chi connectivity index (χ1n) is 9.97. The summed E-state index contributed by atoms with van der Waals surface area (Å²) in [5.74, 6) is 0.825. The van der Waals surface area contributed by atoms with Crippen molar-refractivity contribution < 1.29 is 4.79 Å². The summed E-state index contributed by atoms with van der Waals surface area (Å²) >= 11 is 0. The van der Waals surface area contributed by atoms with E-state index in [-0.39, 0.29) is 11.4 Å². The molecule has 2 aromatic carbocycles. The monoisotopic (exact) mass is 390 g/mol. The fourth-order valence-electron chi connectivity index (χ4n) is 4.06. The highest BCUT2D eigenvalue weighted by molar-refractivity contribution is 5.74. The molecule has 0 aliphatic carbocycles. The third-order valence-corrected chi connectivity index (χ3v) is 5.63. The Morgan fingerprint density at radius 2 is 1.76 bits per heavy atom. The zero-order valence-corrected chi connectivity index (χ0v) is 16.9. The first kappa shape index (κ1) is 19.3. The van der Waals surface area contributed by atoms with Gasteiger partial charge in [-0.05, 0) is 47.9 Å². The molecule has 0 saturated carbocycles. The van der Waals surface area contributed by atoms with Crippen LogP contribution >= 0.6 is 0 Å². The quantitative estimate of drug-likeness (QED) is 0.725. The van der Waals surface area contributed by atoms with Gasteiger partial charge in [0.25, 0.3) is 0 Å². The van der Waals surface area contributed by atoms with Crippen molar-refractivity contribution >= 4 is 5.91 Å². The molecule has 0 bridgehead atoms. The summed E-state index contributed by atoms with van der Waals surface area (Å²) < 4.78 is 1.80. The van der Waals surface area contributed by atoms with Crippen LogP contribution in [-0.4, -0.2) is 44.1 Å². The highest BCUT2D eigenvalue weighted by Gasteiger charge is 2.37. The van der Waals surface area contributed by atoms with Crippen molar-refractivity contribution in [2.45, 2.75) is 38.8 Å². The minimum atomic E-state index is -0.313. The second kappa shape index (κ2) is 8.13. The van der Waals surface area contributed by atoms with Crippen LogP contribution < -0.4 is 5.32 Å². The van der Waals surface area contributed by atoms with E-state index < -0.39 is 0 Å². The van der Waals surface area contributed by atoms with Crippen LogP contribution in [0.1, 0.15) is 36.7 Å². The molecule has 1 saturated heterocycles. The Hall–Kier alpha value is -3.06. The fraction of sp³-hybridized carbons (Fsp3) is 0.364. The highest BCUT2D eigenvalue weighted by atomic mass is 16.1. The number of aromatic nitrogens is 4. The van der Waals surface area contributed by atoms with Crippen LogP contribution in [0, 0.1) is 6.92 Å². The van der Waals surface area contributed by atoms with Crippen molar-refractivity contribution in [1.29, 1.82) is 0 Å². The first-order chi connectivity index (χ1) is 14.1. The molecule has 2 heterocycles. The summed E-state index contributed by atoms with van der Waals surface area (Å²) in [5.41, 5.74) is 3.02. The molecule has 1 aromatic heterocycles. The molecule has 1 aliphatic rings. The van der Waals surface area contributed by atoms with E-state index in [9.17, 15) is 4.79 Å². The van der Waals surface area contributed by atoms with Crippen molar-refractivity contribution in [3.05, 3.63) is 71.5 Å². The van der Waals surface area contributed by atoms with Gasteiger partial charge in [-0.1, -0.05) is 48.0 Å². The van der Waals surface area contributed by atoms with Gasteiger partial charge in [0, 0.05) is 20.0 Å². The molecule has 1 aliphatic heterocycles. The Bertz CT molecular complexity index is 958. The van der Waals surface area contributed by atoms with Gasteiger partial charge in [-0.2, -0.15) is 4.68 Å². The molecule has 1 fully saturated rings. The van der Waals surface area contributed by atoms with Gasteiger partial charge >= 0.3 is 0 Å². The van der Waals surface area contributed by atoms with Crippen LogP contribution in [0.5, 0.6) is 0 Å². The molecule has 1 amide bonds. The van der Waals surface area contributed by atoms with Crippen molar-refractivity contribution in [2.75, 3.05) is 13.1 Å². The molecular formula is C22H26N6O. The van der Waals surface area contributed by atoms with E-state index in [0.29, 0.717) is 6.54 Å². The second-order valence-electron chi connectivity index (χ2n) is 7.75. The van der Waals surface area contributed by atoms with Gasteiger partial charge in [-0.3, -0.25) is 9.69 Å². The third kappa shape index (κ3) is 4.19. The van der Waals surface area contributed by atoms with Crippen LogP contribution in [0.3, 0.4) is 0 Å². The summed E-state index contributed by atoms with van der Waals surface area (Å²) in [6, 6.07) is 18.4. The Labute approximate surface area is 170 Å². The number of aryl methyl sites for hydroxylation is 1. The number of likely N-dealkylation sites (tertiary alicyclic amines) is 1. The van der Waals surface area contributed by atoms with Gasteiger partial charge in [0.2, 0.25) is 5.91 Å². The fourth-order valence-corrected chi connectivity index (χ4v) is 4.06. The maximum Gasteiger partial charge on any atom is 0.217 e. The normalized spacial score (nSPS) is 16.5. The Balaban J connectivity index is 1.48. The molecule has 7 heteroatoms. The number of carbonyl (C=O) groups is 1. The molecule has 1 N–H and O–H groups in total. The molecule has 0 spiro atoms. The van der Waals surface area contributed by atoms with Gasteiger partial charge in [-0.15, -0.1) is 5.10 Å². The Morgan fingerprint density at radius 1 is 1.07 bits per heavy atom. The minimum Gasteiger partial charge on any atom is -0.347 e. The molecule has 0 radical (unpaired) electrons. The lowest BCUT2D eigenvalue weighted by atomic mass is 9.80. The lowest BCUT2D eigenvalue weighted by Crippen LogP contribution is -2.52. The van der Waals surface area contributed by atoms with E-state index >= 15 is 0 Å². The van der Waals surface area contributed by atoms with Gasteiger partial charge in [0.1, 0.15) is 0 Å².